The first-order valence-electron chi connectivity index (χ1n) is 6.92. The van der Waals surface area contributed by atoms with Crippen LogP contribution in [-0.4, -0.2) is 24.8 Å². The first-order chi connectivity index (χ1) is 8.51. The Morgan fingerprint density at radius 1 is 1.17 bits per heavy atom. The first-order valence-corrected chi connectivity index (χ1v) is 6.92. The molecular formula is C16H27NO. The SMILES string of the molecule is CCCNC(COC(C)(C)C)Cc1ccccc1. The van der Waals surface area contributed by atoms with Gasteiger partial charge >= 0.3 is 0 Å². The Bertz CT molecular complexity index is 316. The molecule has 0 aliphatic rings. The minimum absolute atomic E-state index is 0.0666. The van der Waals surface area contributed by atoms with E-state index in [1.54, 1.807) is 0 Å². The van der Waals surface area contributed by atoms with Gasteiger partial charge in [-0.05, 0) is 45.7 Å². The van der Waals surface area contributed by atoms with Crippen molar-refractivity contribution in [3.63, 3.8) is 0 Å². The van der Waals surface area contributed by atoms with Crippen molar-refractivity contribution in [1.82, 2.24) is 5.32 Å². The van der Waals surface area contributed by atoms with Gasteiger partial charge in [0.2, 0.25) is 0 Å². The van der Waals surface area contributed by atoms with Crippen molar-refractivity contribution in [2.75, 3.05) is 13.2 Å². The highest BCUT2D eigenvalue weighted by atomic mass is 16.5. The molecule has 0 amide bonds. The van der Waals surface area contributed by atoms with Gasteiger partial charge in [-0.3, -0.25) is 0 Å². The Kier molecular flexibility index (Phi) is 6.37. The minimum Gasteiger partial charge on any atom is -0.374 e. The maximum atomic E-state index is 5.90. The van der Waals surface area contributed by atoms with Gasteiger partial charge in [0.1, 0.15) is 0 Å². The van der Waals surface area contributed by atoms with Crippen molar-refractivity contribution in [2.45, 2.75) is 52.2 Å². The van der Waals surface area contributed by atoms with Crippen molar-refractivity contribution in [2.24, 2.45) is 0 Å². The van der Waals surface area contributed by atoms with Gasteiger partial charge in [-0.1, -0.05) is 37.3 Å². The van der Waals surface area contributed by atoms with Crippen molar-refractivity contribution in [3.8, 4) is 0 Å². The van der Waals surface area contributed by atoms with Crippen LogP contribution in [0.4, 0.5) is 0 Å². The molecule has 18 heavy (non-hydrogen) atoms. The van der Waals surface area contributed by atoms with E-state index < -0.39 is 0 Å². The number of rotatable bonds is 7. The number of hydrogen-bond donors (Lipinski definition) is 1. The zero-order valence-corrected chi connectivity index (χ0v) is 12.2. The third kappa shape index (κ3) is 6.77. The van der Waals surface area contributed by atoms with E-state index in [4.69, 9.17) is 4.74 Å². The van der Waals surface area contributed by atoms with Gasteiger partial charge in [0.05, 0.1) is 12.2 Å². The van der Waals surface area contributed by atoms with Crippen LogP contribution >= 0.6 is 0 Å². The number of benzene rings is 1. The van der Waals surface area contributed by atoms with E-state index in [2.05, 4.69) is 63.3 Å². The average Bonchev–Trinajstić information content (AvgIpc) is 2.33. The molecule has 1 unspecified atom stereocenters. The van der Waals surface area contributed by atoms with E-state index in [1.165, 1.54) is 5.56 Å². The summed E-state index contributed by atoms with van der Waals surface area (Å²) in [6, 6.07) is 11.0. The van der Waals surface area contributed by atoms with Gasteiger partial charge < -0.3 is 10.1 Å². The van der Waals surface area contributed by atoms with Crippen LogP contribution in [0.1, 0.15) is 39.7 Å². The molecule has 1 aromatic carbocycles. The Morgan fingerprint density at radius 3 is 2.39 bits per heavy atom. The lowest BCUT2D eigenvalue weighted by Crippen LogP contribution is -2.38. The molecule has 0 aliphatic carbocycles. The number of ether oxygens (including phenoxy) is 1. The summed E-state index contributed by atoms with van der Waals surface area (Å²) in [4.78, 5) is 0. The maximum absolute atomic E-state index is 5.90. The Morgan fingerprint density at radius 2 is 1.83 bits per heavy atom. The summed E-state index contributed by atoms with van der Waals surface area (Å²) < 4.78 is 5.90. The topological polar surface area (TPSA) is 21.3 Å². The molecule has 0 heterocycles. The Labute approximate surface area is 112 Å². The van der Waals surface area contributed by atoms with Crippen LogP contribution in [0.2, 0.25) is 0 Å². The summed E-state index contributed by atoms with van der Waals surface area (Å²) in [6.07, 6.45) is 2.18. The van der Waals surface area contributed by atoms with Crippen LogP contribution in [0.25, 0.3) is 0 Å². The largest absolute Gasteiger partial charge is 0.374 e. The predicted molar refractivity (Wildman–Crippen MR) is 77.9 cm³/mol. The Hall–Kier alpha value is -0.860. The second kappa shape index (κ2) is 7.55. The second-order valence-electron chi connectivity index (χ2n) is 5.76. The quantitative estimate of drug-likeness (QED) is 0.799. The fraction of sp³-hybridized carbons (Fsp3) is 0.625. The molecule has 102 valence electrons. The van der Waals surface area contributed by atoms with Gasteiger partial charge in [-0.15, -0.1) is 0 Å². The molecule has 0 bridgehead atoms. The monoisotopic (exact) mass is 249 g/mol. The summed E-state index contributed by atoms with van der Waals surface area (Å²) in [7, 11) is 0. The summed E-state index contributed by atoms with van der Waals surface area (Å²) in [5.74, 6) is 0. The van der Waals surface area contributed by atoms with E-state index in [-0.39, 0.29) is 5.60 Å². The summed E-state index contributed by atoms with van der Waals surface area (Å²) in [5.41, 5.74) is 1.30. The van der Waals surface area contributed by atoms with Crippen LogP contribution in [-0.2, 0) is 11.2 Å². The third-order valence-electron chi connectivity index (χ3n) is 2.73. The number of nitrogens with one attached hydrogen (secondary N) is 1. The van der Waals surface area contributed by atoms with Crippen LogP contribution in [0.15, 0.2) is 30.3 Å². The molecule has 0 fully saturated rings. The smallest absolute Gasteiger partial charge is 0.0629 e. The van der Waals surface area contributed by atoms with Gasteiger partial charge in [-0.25, -0.2) is 0 Å². The molecule has 2 heteroatoms. The first kappa shape index (κ1) is 15.2. The molecule has 0 saturated carbocycles. The van der Waals surface area contributed by atoms with Crippen molar-refractivity contribution in [3.05, 3.63) is 35.9 Å². The molecule has 0 saturated heterocycles. The number of hydrogen-bond acceptors (Lipinski definition) is 2. The van der Waals surface area contributed by atoms with Gasteiger partial charge in [0.25, 0.3) is 0 Å². The van der Waals surface area contributed by atoms with E-state index in [9.17, 15) is 0 Å². The van der Waals surface area contributed by atoms with Crippen LogP contribution in [0.5, 0.6) is 0 Å². The normalized spacial score (nSPS) is 13.6. The summed E-state index contributed by atoms with van der Waals surface area (Å²) in [5, 5.41) is 3.57. The molecule has 2 nitrogen and oxygen atoms in total. The molecule has 0 aliphatic heterocycles. The van der Waals surface area contributed by atoms with E-state index in [0.717, 1.165) is 26.0 Å². The van der Waals surface area contributed by atoms with Crippen molar-refractivity contribution >= 4 is 0 Å². The second-order valence-corrected chi connectivity index (χ2v) is 5.76. The van der Waals surface area contributed by atoms with Crippen LogP contribution < -0.4 is 5.32 Å². The van der Waals surface area contributed by atoms with Gasteiger partial charge in [-0.2, -0.15) is 0 Å². The van der Waals surface area contributed by atoms with E-state index in [0.29, 0.717) is 6.04 Å². The molecule has 0 radical (unpaired) electrons. The molecule has 0 spiro atoms. The van der Waals surface area contributed by atoms with Crippen molar-refractivity contribution < 1.29 is 4.74 Å². The average molecular weight is 249 g/mol. The van der Waals surface area contributed by atoms with E-state index >= 15 is 0 Å². The predicted octanol–water partition coefficient (Wildman–Crippen LogP) is 3.41. The third-order valence-corrected chi connectivity index (χ3v) is 2.73. The summed E-state index contributed by atoms with van der Waals surface area (Å²) >= 11 is 0. The molecule has 1 rings (SSSR count). The van der Waals surface area contributed by atoms with Crippen molar-refractivity contribution in [1.29, 1.82) is 0 Å². The lowest BCUT2D eigenvalue weighted by Gasteiger charge is -2.25. The zero-order chi connectivity index (χ0) is 13.4. The summed E-state index contributed by atoms with van der Waals surface area (Å²) in [6.45, 7) is 10.3. The highest BCUT2D eigenvalue weighted by Gasteiger charge is 2.15. The fourth-order valence-corrected chi connectivity index (χ4v) is 1.79. The Balaban J connectivity index is 2.50. The highest BCUT2D eigenvalue weighted by molar-refractivity contribution is 5.15. The lowest BCUT2D eigenvalue weighted by atomic mass is 10.1. The van der Waals surface area contributed by atoms with E-state index in [1.807, 2.05) is 0 Å². The van der Waals surface area contributed by atoms with Gasteiger partial charge in [0.15, 0.2) is 0 Å². The molecule has 1 aromatic rings. The standard InChI is InChI=1S/C16H27NO/c1-5-11-17-15(13-18-16(2,3)4)12-14-9-7-6-8-10-14/h6-10,15,17H,5,11-13H2,1-4H3. The molecule has 1 atom stereocenters. The van der Waals surface area contributed by atoms with Crippen LogP contribution in [0.3, 0.4) is 0 Å². The van der Waals surface area contributed by atoms with Crippen LogP contribution in [0, 0.1) is 0 Å². The lowest BCUT2D eigenvalue weighted by molar-refractivity contribution is -0.0143. The highest BCUT2D eigenvalue weighted by Crippen LogP contribution is 2.10. The molecule has 0 aromatic heterocycles. The molecule has 1 N–H and O–H groups in total. The van der Waals surface area contributed by atoms with Gasteiger partial charge in [0, 0.05) is 6.04 Å². The molecular weight excluding hydrogens is 222 g/mol. The zero-order valence-electron chi connectivity index (χ0n) is 12.2. The maximum Gasteiger partial charge on any atom is 0.0629 e. The fourth-order valence-electron chi connectivity index (χ4n) is 1.79. The minimum atomic E-state index is -0.0666.